The maximum Gasteiger partial charge on any atom is 0.276 e. The van der Waals surface area contributed by atoms with Crippen LogP contribution in [0.25, 0.3) is 0 Å². The van der Waals surface area contributed by atoms with Crippen LogP contribution in [0.15, 0.2) is 40.9 Å². The van der Waals surface area contributed by atoms with E-state index in [1.54, 1.807) is 18.2 Å². The smallest absolute Gasteiger partial charge is 0.276 e. The summed E-state index contributed by atoms with van der Waals surface area (Å²) in [4.78, 5) is 23.5. The Kier molecular flexibility index (Phi) is 7.29. The molecule has 2 amide bonds. The van der Waals surface area contributed by atoms with Gasteiger partial charge in [-0.1, -0.05) is 23.7 Å². The number of ether oxygens (including phenoxy) is 2. The van der Waals surface area contributed by atoms with Crippen LogP contribution in [0, 0.1) is 13.8 Å². The van der Waals surface area contributed by atoms with E-state index >= 15 is 0 Å². The second kappa shape index (κ2) is 9.45. The second-order valence-corrected chi connectivity index (χ2v) is 6.81. The van der Waals surface area contributed by atoms with E-state index < -0.39 is 11.8 Å². The average Bonchev–Trinajstić information content (AvgIpc) is 2.60. The third-order valence-corrected chi connectivity index (χ3v) is 4.15. The van der Waals surface area contributed by atoms with Gasteiger partial charge in [0.05, 0.1) is 4.47 Å². The van der Waals surface area contributed by atoms with Crippen molar-refractivity contribution in [3.05, 3.63) is 57.0 Å². The number of benzene rings is 2. The van der Waals surface area contributed by atoms with E-state index in [4.69, 9.17) is 21.1 Å². The van der Waals surface area contributed by atoms with Crippen molar-refractivity contribution in [2.75, 3.05) is 13.2 Å². The minimum Gasteiger partial charge on any atom is -0.483 e. The Bertz CT molecular complexity index is 814. The molecule has 2 aromatic carbocycles. The van der Waals surface area contributed by atoms with Gasteiger partial charge in [0, 0.05) is 5.02 Å². The summed E-state index contributed by atoms with van der Waals surface area (Å²) in [6, 6.07) is 10.7. The molecule has 0 aliphatic heterocycles. The van der Waals surface area contributed by atoms with Gasteiger partial charge in [0.1, 0.15) is 11.5 Å². The van der Waals surface area contributed by atoms with E-state index in [9.17, 15) is 9.59 Å². The molecule has 0 fully saturated rings. The lowest BCUT2D eigenvalue weighted by molar-refractivity contribution is -0.131. The Morgan fingerprint density at radius 1 is 0.962 bits per heavy atom. The van der Waals surface area contributed by atoms with Crippen molar-refractivity contribution < 1.29 is 19.1 Å². The SMILES string of the molecule is Cc1ccc(C)c(OCC(=O)NNC(=O)COc2ccc(Cl)cc2Br)c1. The Labute approximate surface area is 164 Å². The zero-order chi connectivity index (χ0) is 19.1. The summed E-state index contributed by atoms with van der Waals surface area (Å²) in [6.07, 6.45) is 0. The predicted octanol–water partition coefficient (Wildman–Crippen LogP) is 3.32. The number of hydrogen-bond donors (Lipinski definition) is 2. The van der Waals surface area contributed by atoms with E-state index in [0.717, 1.165) is 11.1 Å². The molecule has 0 atom stereocenters. The molecule has 0 bridgehead atoms. The van der Waals surface area contributed by atoms with Gasteiger partial charge in [-0.05, 0) is 65.2 Å². The van der Waals surface area contributed by atoms with Crippen molar-refractivity contribution in [3.8, 4) is 11.5 Å². The summed E-state index contributed by atoms with van der Waals surface area (Å²) in [7, 11) is 0. The van der Waals surface area contributed by atoms with Crippen LogP contribution in [0.5, 0.6) is 11.5 Å². The monoisotopic (exact) mass is 440 g/mol. The zero-order valence-corrected chi connectivity index (χ0v) is 16.6. The molecule has 0 aliphatic rings. The number of carbonyl (C=O) groups is 2. The number of hydrazine groups is 1. The molecule has 2 N–H and O–H groups in total. The highest BCUT2D eigenvalue weighted by molar-refractivity contribution is 9.10. The number of carbonyl (C=O) groups excluding carboxylic acids is 2. The molecule has 0 radical (unpaired) electrons. The summed E-state index contributed by atoms with van der Waals surface area (Å²) in [5.41, 5.74) is 6.49. The summed E-state index contributed by atoms with van der Waals surface area (Å²) < 4.78 is 11.4. The third kappa shape index (κ3) is 6.24. The van der Waals surface area contributed by atoms with Gasteiger partial charge >= 0.3 is 0 Å². The lowest BCUT2D eigenvalue weighted by Gasteiger charge is -2.12. The summed E-state index contributed by atoms with van der Waals surface area (Å²) >= 11 is 9.12. The van der Waals surface area contributed by atoms with E-state index in [-0.39, 0.29) is 13.2 Å². The molecule has 8 heteroatoms. The fourth-order valence-corrected chi connectivity index (χ4v) is 2.75. The molecule has 6 nitrogen and oxygen atoms in total. The largest absolute Gasteiger partial charge is 0.483 e. The minimum atomic E-state index is -0.507. The van der Waals surface area contributed by atoms with Crippen molar-refractivity contribution >= 4 is 39.3 Å². The Hall–Kier alpha value is -2.25. The van der Waals surface area contributed by atoms with Gasteiger partial charge in [-0.3, -0.25) is 20.4 Å². The zero-order valence-electron chi connectivity index (χ0n) is 14.3. The second-order valence-electron chi connectivity index (χ2n) is 5.52. The predicted molar refractivity (Wildman–Crippen MR) is 102 cm³/mol. The highest BCUT2D eigenvalue weighted by Gasteiger charge is 2.09. The molecule has 138 valence electrons. The third-order valence-electron chi connectivity index (χ3n) is 3.30. The molecule has 0 aromatic heterocycles. The van der Waals surface area contributed by atoms with Crippen molar-refractivity contribution in [2.45, 2.75) is 13.8 Å². The van der Waals surface area contributed by atoms with Gasteiger partial charge in [-0.2, -0.15) is 0 Å². The van der Waals surface area contributed by atoms with Crippen molar-refractivity contribution in [1.82, 2.24) is 10.9 Å². The van der Waals surface area contributed by atoms with Crippen LogP contribution in [0.3, 0.4) is 0 Å². The molecule has 0 aliphatic carbocycles. The molecule has 0 saturated heterocycles. The molecular weight excluding hydrogens is 424 g/mol. The van der Waals surface area contributed by atoms with Gasteiger partial charge < -0.3 is 9.47 Å². The van der Waals surface area contributed by atoms with E-state index in [1.807, 2.05) is 32.0 Å². The van der Waals surface area contributed by atoms with Gasteiger partial charge in [0.15, 0.2) is 13.2 Å². The first-order valence-corrected chi connectivity index (χ1v) is 8.88. The van der Waals surface area contributed by atoms with Crippen molar-refractivity contribution in [3.63, 3.8) is 0 Å². The summed E-state index contributed by atoms with van der Waals surface area (Å²) in [5, 5.41) is 0.546. The number of halogens is 2. The maximum atomic E-state index is 11.8. The van der Waals surface area contributed by atoms with E-state index in [2.05, 4.69) is 26.8 Å². The van der Waals surface area contributed by atoms with Crippen LogP contribution in [0.4, 0.5) is 0 Å². The number of aryl methyl sites for hydroxylation is 2. The van der Waals surface area contributed by atoms with Crippen LogP contribution in [0.1, 0.15) is 11.1 Å². The quantitative estimate of drug-likeness (QED) is 0.674. The molecule has 2 aromatic rings. The topological polar surface area (TPSA) is 76.7 Å². The standard InChI is InChI=1S/C18H18BrClN2O4/c1-11-3-4-12(2)16(7-11)26-10-18(24)22-21-17(23)9-25-15-6-5-13(20)8-14(15)19/h3-8H,9-10H2,1-2H3,(H,21,23)(H,22,24). The molecule has 0 unspecified atom stereocenters. The van der Waals surface area contributed by atoms with Crippen LogP contribution < -0.4 is 20.3 Å². The fourth-order valence-electron chi connectivity index (χ4n) is 1.95. The molecule has 0 heterocycles. The highest BCUT2D eigenvalue weighted by Crippen LogP contribution is 2.27. The van der Waals surface area contributed by atoms with Crippen LogP contribution in [-0.4, -0.2) is 25.0 Å². The van der Waals surface area contributed by atoms with Gasteiger partial charge in [0.2, 0.25) is 0 Å². The van der Waals surface area contributed by atoms with Gasteiger partial charge in [0.25, 0.3) is 11.8 Å². The number of hydrogen-bond acceptors (Lipinski definition) is 4. The Morgan fingerprint density at radius 3 is 2.19 bits per heavy atom. The molecule has 0 saturated carbocycles. The maximum absolute atomic E-state index is 11.8. The Balaban J connectivity index is 1.73. The van der Waals surface area contributed by atoms with E-state index in [0.29, 0.717) is 21.0 Å². The number of amides is 2. The van der Waals surface area contributed by atoms with Crippen molar-refractivity contribution in [1.29, 1.82) is 0 Å². The minimum absolute atomic E-state index is 0.214. The first kappa shape index (κ1) is 20.1. The average molecular weight is 442 g/mol. The normalized spacial score (nSPS) is 10.2. The van der Waals surface area contributed by atoms with Crippen LogP contribution in [0.2, 0.25) is 5.02 Å². The first-order valence-electron chi connectivity index (χ1n) is 7.70. The molecule has 0 spiro atoms. The van der Waals surface area contributed by atoms with Crippen LogP contribution >= 0.6 is 27.5 Å². The number of rotatable bonds is 6. The van der Waals surface area contributed by atoms with Crippen molar-refractivity contribution in [2.24, 2.45) is 0 Å². The molecular formula is C18H18BrClN2O4. The fraction of sp³-hybridized carbons (Fsp3) is 0.222. The van der Waals surface area contributed by atoms with E-state index in [1.165, 1.54) is 0 Å². The van der Waals surface area contributed by atoms with Gasteiger partial charge in [-0.25, -0.2) is 0 Å². The first-order chi connectivity index (χ1) is 12.3. The van der Waals surface area contributed by atoms with Gasteiger partial charge in [-0.15, -0.1) is 0 Å². The summed E-state index contributed by atoms with van der Waals surface area (Å²) in [6.45, 7) is 3.35. The highest BCUT2D eigenvalue weighted by atomic mass is 79.9. The molecule has 26 heavy (non-hydrogen) atoms. The lowest BCUT2D eigenvalue weighted by Crippen LogP contribution is -2.45. The summed E-state index contributed by atoms with van der Waals surface area (Å²) in [5.74, 6) is 0.107. The number of nitrogens with one attached hydrogen (secondary N) is 2. The van der Waals surface area contributed by atoms with Crippen LogP contribution in [-0.2, 0) is 9.59 Å². The lowest BCUT2D eigenvalue weighted by atomic mass is 10.1. The Morgan fingerprint density at radius 2 is 1.58 bits per heavy atom. The molecule has 2 rings (SSSR count).